The molecule has 4 nitrogen and oxygen atoms in total. The number of fused-ring (bicyclic) bond motifs is 1. The van der Waals surface area contributed by atoms with Gasteiger partial charge in [-0.1, -0.05) is 48.9 Å². The van der Waals surface area contributed by atoms with Crippen molar-refractivity contribution in [3.63, 3.8) is 0 Å². The molecule has 0 unspecified atom stereocenters. The van der Waals surface area contributed by atoms with Crippen LogP contribution in [0.4, 0.5) is 0 Å². The first-order valence-corrected chi connectivity index (χ1v) is 13.3. The third-order valence-corrected chi connectivity index (χ3v) is 8.76. The zero-order valence-electron chi connectivity index (χ0n) is 20.8. The van der Waals surface area contributed by atoms with E-state index < -0.39 is 11.4 Å². The summed E-state index contributed by atoms with van der Waals surface area (Å²) >= 11 is 1.80. The minimum Gasteiger partial charge on any atom is -0.488 e. The van der Waals surface area contributed by atoms with Crippen LogP contribution in [0.3, 0.4) is 0 Å². The van der Waals surface area contributed by atoms with Crippen LogP contribution in [-0.2, 0) is 17.8 Å². The second kappa shape index (κ2) is 9.63. The Morgan fingerprint density at radius 1 is 1.06 bits per heavy atom. The molecule has 1 saturated heterocycles. The summed E-state index contributed by atoms with van der Waals surface area (Å²) in [6.45, 7) is 9.12. The predicted octanol–water partition coefficient (Wildman–Crippen LogP) is 6.82. The minimum atomic E-state index is -0.655. The number of carboxylic acids is 1. The molecule has 2 aliphatic rings. The van der Waals surface area contributed by atoms with Gasteiger partial charge in [0.05, 0.1) is 5.41 Å². The van der Waals surface area contributed by atoms with E-state index in [1.54, 1.807) is 11.3 Å². The van der Waals surface area contributed by atoms with Gasteiger partial charge in [-0.15, -0.1) is 11.3 Å². The van der Waals surface area contributed by atoms with Gasteiger partial charge in [-0.2, -0.15) is 0 Å². The van der Waals surface area contributed by atoms with Gasteiger partial charge in [0.1, 0.15) is 12.4 Å². The third kappa shape index (κ3) is 4.67. The maximum atomic E-state index is 11.6. The quantitative estimate of drug-likeness (QED) is 0.379. The van der Waals surface area contributed by atoms with Crippen LogP contribution in [0.15, 0.2) is 60.2 Å². The zero-order valence-corrected chi connectivity index (χ0v) is 21.6. The highest BCUT2D eigenvalue weighted by atomic mass is 32.1. The standard InChI is InChI=1S/C30H33NO3S/c1-4-30(29(32)33)18-31(19-30)16-24-11-10-23-14-25(12-13-27(23)20(24)2)34-17-26-15-28(21(3)35-26)22-8-6-5-7-9-22/h5-9,12-15H,4,10-11,16-19H2,1-3H3,(H,32,33). The topological polar surface area (TPSA) is 49.8 Å². The number of aryl methyl sites for hydroxylation is 2. The maximum Gasteiger partial charge on any atom is 0.312 e. The Hall–Kier alpha value is -2.89. The summed E-state index contributed by atoms with van der Waals surface area (Å²) in [5.41, 5.74) is 7.41. The Morgan fingerprint density at radius 2 is 1.83 bits per heavy atom. The summed E-state index contributed by atoms with van der Waals surface area (Å²) in [6, 6.07) is 19.2. The fourth-order valence-electron chi connectivity index (χ4n) is 5.47. The predicted molar refractivity (Wildman–Crippen MR) is 143 cm³/mol. The first-order valence-electron chi connectivity index (χ1n) is 12.4. The normalized spacial score (nSPS) is 17.1. The average molecular weight is 488 g/mol. The lowest BCUT2D eigenvalue weighted by Crippen LogP contribution is -2.60. The molecule has 0 bridgehead atoms. The Bertz CT molecular complexity index is 1270. The van der Waals surface area contributed by atoms with E-state index in [9.17, 15) is 9.90 Å². The second-order valence-corrected chi connectivity index (χ2v) is 11.3. The molecule has 1 N–H and O–H groups in total. The lowest BCUT2D eigenvalue weighted by Gasteiger charge is -2.47. The number of nitrogens with zero attached hydrogens (tertiary/aromatic N) is 1. The fraction of sp³-hybridized carbons (Fsp3) is 0.367. The summed E-state index contributed by atoms with van der Waals surface area (Å²) in [7, 11) is 0. The number of benzene rings is 2. The van der Waals surface area contributed by atoms with Gasteiger partial charge < -0.3 is 9.84 Å². The molecule has 3 aromatic rings. The smallest absolute Gasteiger partial charge is 0.312 e. The molecule has 1 aliphatic carbocycles. The van der Waals surface area contributed by atoms with E-state index in [1.165, 1.54) is 43.2 Å². The summed E-state index contributed by atoms with van der Waals surface area (Å²) in [5, 5.41) is 9.55. The van der Waals surface area contributed by atoms with Gasteiger partial charge in [0.15, 0.2) is 0 Å². The van der Waals surface area contributed by atoms with Crippen molar-refractivity contribution in [2.45, 2.75) is 46.6 Å². The van der Waals surface area contributed by atoms with E-state index >= 15 is 0 Å². The third-order valence-electron chi connectivity index (χ3n) is 7.74. The van der Waals surface area contributed by atoms with Gasteiger partial charge >= 0.3 is 5.97 Å². The first-order chi connectivity index (χ1) is 16.9. The number of hydrogen-bond donors (Lipinski definition) is 1. The van der Waals surface area contributed by atoms with Crippen molar-refractivity contribution in [3.8, 4) is 16.9 Å². The van der Waals surface area contributed by atoms with E-state index in [4.69, 9.17) is 4.74 Å². The van der Waals surface area contributed by atoms with Crippen molar-refractivity contribution in [2.75, 3.05) is 19.6 Å². The molecule has 1 fully saturated rings. The lowest BCUT2D eigenvalue weighted by molar-refractivity contribution is -0.160. The molecule has 5 heteroatoms. The number of ether oxygens (including phenoxy) is 1. The lowest BCUT2D eigenvalue weighted by atomic mass is 9.76. The number of allylic oxidation sites excluding steroid dienone is 1. The molecule has 0 atom stereocenters. The zero-order chi connectivity index (χ0) is 24.6. The van der Waals surface area contributed by atoms with Crippen LogP contribution in [0, 0.1) is 12.3 Å². The highest BCUT2D eigenvalue weighted by molar-refractivity contribution is 7.12. The SMILES string of the molecule is CCC1(C(=O)O)CN(CC2=C(C)c3ccc(OCc4cc(-c5ccccc5)c(C)s4)cc3CC2)C1. The molecule has 35 heavy (non-hydrogen) atoms. The van der Waals surface area contributed by atoms with E-state index in [0.717, 1.165) is 25.1 Å². The van der Waals surface area contributed by atoms with Gasteiger partial charge in [-0.05, 0) is 79.1 Å². The summed E-state index contributed by atoms with van der Waals surface area (Å²) in [4.78, 5) is 16.4. The number of carboxylic acid groups (broad SMARTS) is 1. The van der Waals surface area contributed by atoms with E-state index in [0.29, 0.717) is 26.1 Å². The average Bonchev–Trinajstić information content (AvgIpc) is 3.22. The van der Waals surface area contributed by atoms with Crippen LogP contribution < -0.4 is 4.74 Å². The van der Waals surface area contributed by atoms with Crippen LogP contribution >= 0.6 is 11.3 Å². The largest absolute Gasteiger partial charge is 0.488 e. The maximum absolute atomic E-state index is 11.6. The van der Waals surface area contributed by atoms with Crippen molar-refractivity contribution in [3.05, 3.63) is 81.1 Å². The number of likely N-dealkylation sites (tertiary alicyclic amines) is 1. The van der Waals surface area contributed by atoms with Crippen LogP contribution in [-0.4, -0.2) is 35.6 Å². The second-order valence-electron chi connectivity index (χ2n) is 9.97. The monoisotopic (exact) mass is 487 g/mol. The number of rotatable bonds is 8. The van der Waals surface area contributed by atoms with Gasteiger partial charge in [-0.3, -0.25) is 9.69 Å². The minimum absolute atomic E-state index is 0.545. The van der Waals surface area contributed by atoms with Crippen molar-refractivity contribution in [1.82, 2.24) is 4.90 Å². The van der Waals surface area contributed by atoms with E-state index in [1.807, 2.05) is 13.0 Å². The van der Waals surface area contributed by atoms with Crippen LogP contribution in [0.25, 0.3) is 16.7 Å². The molecule has 0 spiro atoms. The molecule has 0 radical (unpaired) electrons. The highest BCUT2D eigenvalue weighted by Crippen LogP contribution is 2.38. The Kier molecular flexibility index (Phi) is 6.56. The molecule has 182 valence electrons. The van der Waals surface area contributed by atoms with Crippen LogP contribution in [0.1, 0.15) is 47.6 Å². The first kappa shape index (κ1) is 23.8. The van der Waals surface area contributed by atoms with Crippen molar-refractivity contribution >= 4 is 22.9 Å². The number of thiophene rings is 1. The summed E-state index contributed by atoms with van der Waals surface area (Å²) in [5.74, 6) is 0.265. The highest BCUT2D eigenvalue weighted by Gasteiger charge is 2.48. The molecule has 5 rings (SSSR count). The molecular formula is C30H33NO3S. The molecule has 1 aromatic heterocycles. The van der Waals surface area contributed by atoms with Crippen LogP contribution in [0.5, 0.6) is 5.75 Å². The Balaban J connectivity index is 1.24. The van der Waals surface area contributed by atoms with Gasteiger partial charge in [0.2, 0.25) is 0 Å². The molecule has 2 aromatic carbocycles. The number of aliphatic carboxylic acids is 1. The van der Waals surface area contributed by atoms with Gasteiger partial charge in [-0.25, -0.2) is 0 Å². The summed E-state index contributed by atoms with van der Waals surface area (Å²) in [6.07, 6.45) is 2.72. The Labute approximate surface area is 211 Å². The van der Waals surface area contributed by atoms with E-state index in [2.05, 4.69) is 67.3 Å². The summed E-state index contributed by atoms with van der Waals surface area (Å²) < 4.78 is 6.20. The van der Waals surface area contributed by atoms with Crippen molar-refractivity contribution < 1.29 is 14.6 Å². The van der Waals surface area contributed by atoms with E-state index in [-0.39, 0.29) is 0 Å². The number of carbonyl (C=O) groups is 1. The van der Waals surface area contributed by atoms with Crippen molar-refractivity contribution in [1.29, 1.82) is 0 Å². The molecule has 0 amide bonds. The van der Waals surface area contributed by atoms with Gasteiger partial charge in [0.25, 0.3) is 0 Å². The van der Waals surface area contributed by atoms with Crippen LogP contribution in [0.2, 0.25) is 0 Å². The molecule has 1 aliphatic heterocycles. The molecule has 0 saturated carbocycles. The fourth-order valence-corrected chi connectivity index (χ4v) is 6.44. The molecular weight excluding hydrogens is 454 g/mol. The Morgan fingerprint density at radius 3 is 2.54 bits per heavy atom. The molecule has 2 heterocycles. The number of hydrogen-bond acceptors (Lipinski definition) is 4. The van der Waals surface area contributed by atoms with Crippen molar-refractivity contribution in [2.24, 2.45) is 5.41 Å². The van der Waals surface area contributed by atoms with Gasteiger partial charge in [0, 0.05) is 29.4 Å².